The van der Waals surface area contributed by atoms with E-state index < -0.39 is 5.97 Å². The van der Waals surface area contributed by atoms with E-state index in [0.717, 1.165) is 33.7 Å². The maximum Gasteiger partial charge on any atom is 0.303 e. The van der Waals surface area contributed by atoms with Crippen molar-refractivity contribution in [1.29, 1.82) is 0 Å². The fourth-order valence-electron chi connectivity index (χ4n) is 3.03. The maximum atomic E-state index is 10.7. The highest BCUT2D eigenvalue weighted by Crippen LogP contribution is 2.16. The first kappa shape index (κ1) is 20.1. The van der Waals surface area contributed by atoms with E-state index in [9.17, 15) is 4.79 Å². The summed E-state index contributed by atoms with van der Waals surface area (Å²) in [6.45, 7) is 0.664. The number of hydrogen-bond donors (Lipinski definition) is 2. The zero-order valence-corrected chi connectivity index (χ0v) is 16.3. The summed E-state index contributed by atoms with van der Waals surface area (Å²) >= 11 is 0. The highest BCUT2D eigenvalue weighted by Gasteiger charge is 2.08. The molecule has 0 amide bonds. The third kappa shape index (κ3) is 5.94. The summed E-state index contributed by atoms with van der Waals surface area (Å²) in [5, 5.41) is 16.4. The Morgan fingerprint density at radius 3 is 2.34 bits per heavy atom. The van der Waals surface area contributed by atoms with Gasteiger partial charge in [0.25, 0.3) is 0 Å². The third-order valence-electron chi connectivity index (χ3n) is 4.51. The van der Waals surface area contributed by atoms with Crippen LogP contribution in [-0.2, 0) is 22.6 Å². The number of oxime groups is 1. The number of hydrogen-bond acceptors (Lipinski definition) is 4. The van der Waals surface area contributed by atoms with Crippen molar-refractivity contribution >= 4 is 17.4 Å². The van der Waals surface area contributed by atoms with Crippen molar-refractivity contribution in [3.63, 3.8) is 0 Å². The van der Waals surface area contributed by atoms with Crippen molar-refractivity contribution in [1.82, 2.24) is 0 Å². The van der Waals surface area contributed by atoms with Gasteiger partial charge in [-0.3, -0.25) is 4.79 Å². The van der Waals surface area contributed by atoms with E-state index in [4.69, 9.17) is 9.94 Å². The lowest BCUT2D eigenvalue weighted by atomic mass is 10.0. The monoisotopic (exact) mass is 388 g/mol. The van der Waals surface area contributed by atoms with E-state index in [-0.39, 0.29) is 6.42 Å². The van der Waals surface area contributed by atoms with Crippen molar-refractivity contribution < 1.29 is 14.7 Å². The summed E-state index contributed by atoms with van der Waals surface area (Å²) in [6, 6.07) is 26.0. The molecule has 3 aromatic carbocycles. The number of anilines is 1. The second-order valence-corrected chi connectivity index (χ2v) is 6.63. The second kappa shape index (κ2) is 10.1. The van der Waals surface area contributed by atoms with Crippen LogP contribution in [0.15, 0.2) is 84.0 Å². The molecule has 0 saturated heterocycles. The van der Waals surface area contributed by atoms with Gasteiger partial charge in [0.2, 0.25) is 0 Å². The Morgan fingerprint density at radius 2 is 1.66 bits per heavy atom. The Bertz CT molecular complexity index is 967. The molecule has 0 unspecified atom stereocenters. The minimum absolute atomic E-state index is 0.145. The summed E-state index contributed by atoms with van der Waals surface area (Å²) in [6.07, 6.45) is 0.686. The largest absolute Gasteiger partial charge is 0.481 e. The van der Waals surface area contributed by atoms with Gasteiger partial charge in [0.15, 0.2) is 0 Å². The predicted molar refractivity (Wildman–Crippen MR) is 115 cm³/mol. The average molecular weight is 388 g/mol. The highest BCUT2D eigenvalue weighted by atomic mass is 16.6. The number of carbonyl (C=O) groups is 1. The first-order chi connectivity index (χ1) is 14.2. The number of nitrogens with zero attached hydrogens (tertiary/aromatic N) is 1. The number of aryl methyl sites for hydroxylation is 1. The van der Waals surface area contributed by atoms with Gasteiger partial charge < -0.3 is 15.3 Å². The van der Waals surface area contributed by atoms with Crippen LogP contribution in [0.4, 0.5) is 5.69 Å². The molecule has 5 nitrogen and oxygen atoms in total. The molecule has 0 aliphatic rings. The highest BCUT2D eigenvalue weighted by molar-refractivity contribution is 6.12. The summed E-state index contributed by atoms with van der Waals surface area (Å²) in [5.41, 5.74) is 5.90. The molecule has 0 heterocycles. The molecule has 0 bridgehead atoms. The van der Waals surface area contributed by atoms with Crippen LogP contribution in [0.25, 0.3) is 0 Å². The minimum atomic E-state index is -0.779. The van der Waals surface area contributed by atoms with Crippen molar-refractivity contribution in [3.05, 3.63) is 101 Å². The molecule has 148 valence electrons. The standard InChI is InChI=1S/C24H24N2O3/c1-29-26-24(20-7-3-2-4-8-20)21-9-5-6-19(16-21)17-25-22-13-10-18(11-14-22)12-15-23(27)28/h2-11,13-14,16,25H,12,15,17H2,1H3,(H,27,28)/b26-24+. The van der Waals surface area contributed by atoms with Crippen molar-refractivity contribution in [2.45, 2.75) is 19.4 Å². The lowest BCUT2D eigenvalue weighted by Gasteiger charge is -2.10. The van der Waals surface area contributed by atoms with Gasteiger partial charge in [-0.1, -0.05) is 65.8 Å². The van der Waals surface area contributed by atoms with Gasteiger partial charge in [0.1, 0.15) is 12.8 Å². The smallest absolute Gasteiger partial charge is 0.303 e. The average Bonchev–Trinajstić information content (AvgIpc) is 2.76. The number of rotatable bonds is 9. The number of benzene rings is 3. The quantitative estimate of drug-likeness (QED) is 0.411. The first-order valence-electron chi connectivity index (χ1n) is 9.46. The number of carboxylic acids is 1. The van der Waals surface area contributed by atoms with Gasteiger partial charge in [0.05, 0.1) is 0 Å². The number of carboxylic acid groups (broad SMARTS) is 1. The van der Waals surface area contributed by atoms with Gasteiger partial charge in [-0.05, 0) is 35.7 Å². The molecule has 3 aromatic rings. The first-order valence-corrected chi connectivity index (χ1v) is 9.46. The van der Waals surface area contributed by atoms with Crippen LogP contribution < -0.4 is 5.32 Å². The predicted octanol–water partition coefficient (Wildman–Crippen LogP) is 4.71. The summed E-state index contributed by atoms with van der Waals surface area (Å²) in [7, 11) is 1.55. The normalized spacial score (nSPS) is 11.1. The fourth-order valence-corrected chi connectivity index (χ4v) is 3.03. The summed E-state index contributed by atoms with van der Waals surface area (Å²) in [5.74, 6) is -0.779. The van der Waals surface area contributed by atoms with Crippen LogP contribution in [0.3, 0.4) is 0 Å². The molecular weight excluding hydrogens is 364 g/mol. The molecule has 0 spiro atoms. The Morgan fingerprint density at radius 1 is 0.931 bits per heavy atom. The van der Waals surface area contributed by atoms with E-state index in [1.54, 1.807) is 7.11 Å². The van der Waals surface area contributed by atoms with Gasteiger partial charge in [0, 0.05) is 29.8 Å². The van der Waals surface area contributed by atoms with Crippen LogP contribution in [-0.4, -0.2) is 23.9 Å². The van der Waals surface area contributed by atoms with Gasteiger partial charge >= 0.3 is 5.97 Å². The molecule has 0 atom stereocenters. The van der Waals surface area contributed by atoms with Crippen molar-refractivity contribution in [3.8, 4) is 0 Å². The van der Waals surface area contributed by atoms with Gasteiger partial charge in [-0.15, -0.1) is 0 Å². The molecule has 0 saturated carbocycles. The topological polar surface area (TPSA) is 70.9 Å². The molecule has 5 heteroatoms. The number of nitrogens with one attached hydrogen (secondary N) is 1. The van der Waals surface area contributed by atoms with Crippen LogP contribution in [0.1, 0.15) is 28.7 Å². The lowest BCUT2D eigenvalue weighted by molar-refractivity contribution is -0.136. The second-order valence-electron chi connectivity index (χ2n) is 6.63. The minimum Gasteiger partial charge on any atom is -0.481 e. The third-order valence-corrected chi connectivity index (χ3v) is 4.51. The molecule has 0 aliphatic carbocycles. The van der Waals surface area contributed by atoms with E-state index in [2.05, 4.69) is 22.6 Å². The summed E-state index contributed by atoms with van der Waals surface area (Å²) in [4.78, 5) is 15.7. The SMILES string of the molecule is CO/N=C(\c1ccccc1)c1cccc(CNc2ccc(CCC(=O)O)cc2)c1. The lowest BCUT2D eigenvalue weighted by Crippen LogP contribution is -2.06. The number of aliphatic carboxylic acids is 1. The Kier molecular flexibility index (Phi) is 7.00. The van der Waals surface area contributed by atoms with Crippen molar-refractivity contribution in [2.75, 3.05) is 12.4 Å². The molecule has 0 aromatic heterocycles. The van der Waals surface area contributed by atoms with Gasteiger partial charge in [-0.25, -0.2) is 0 Å². The molecule has 0 aliphatic heterocycles. The van der Waals surface area contributed by atoms with Crippen LogP contribution >= 0.6 is 0 Å². The maximum absolute atomic E-state index is 10.7. The molecular formula is C24H24N2O3. The van der Waals surface area contributed by atoms with E-state index in [0.29, 0.717) is 13.0 Å². The van der Waals surface area contributed by atoms with Crippen LogP contribution in [0, 0.1) is 0 Å². The molecule has 0 radical (unpaired) electrons. The molecule has 29 heavy (non-hydrogen) atoms. The van der Waals surface area contributed by atoms with Crippen LogP contribution in [0.2, 0.25) is 0 Å². The van der Waals surface area contributed by atoms with E-state index in [1.165, 1.54) is 0 Å². The van der Waals surface area contributed by atoms with Crippen molar-refractivity contribution in [2.24, 2.45) is 5.16 Å². The Hall–Kier alpha value is -3.60. The molecule has 2 N–H and O–H groups in total. The summed E-state index contributed by atoms with van der Waals surface area (Å²) < 4.78 is 0. The Balaban J connectivity index is 1.68. The zero-order valence-electron chi connectivity index (χ0n) is 16.3. The Labute approximate surface area is 170 Å². The fraction of sp³-hybridized carbons (Fsp3) is 0.167. The molecule has 0 fully saturated rings. The zero-order chi connectivity index (χ0) is 20.5. The molecule has 3 rings (SSSR count). The van der Waals surface area contributed by atoms with E-state index in [1.807, 2.05) is 66.7 Å². The van der Waals surface area contributed by atoms with Crippen LogP contribution in [0.5, 0.6) is 0 Å². The van der Waals surface area contributed by atoms with Gasteiger partial charge in [-0.2, -0.15) is 0 Å². The van der Waals surface area contributed by atoms with E-state index >= 15 is 0 Å².